The summed E-state index contributed by atoms with van der Waals surface area (Å²) in [5.74, 6) is -0.611. The number of aromatic nitrogens is 2. The van der Waals surface area contributed by atoms with Crippen LogP contribution in [0.4, 0.5) is 8.78 Å². The third kappa shape index (κ3) is 3.96. The molecule has 2 aromatic carbocycles. The number of benzene rings is 2. The lowest BCUT2D eigenvalue weighted by Gasteiger charge is -2.20. The predicted octanol–water partition coefficient (Wildman–Crippen LogP) is 5.80. The summed E-state index contributed by atoms with van der Waals surface area (Å²) in [5.41, 5.74) is 4.64. The molecule has 0 aliphatic heterocycles. The highest BCUT2D eigenvalue weighted by Gasteiger charge is 2.18. The third-order valence-corrected chi connectivity index (χ3v) is 4.82. The minimum Gasteiger partial charge on any atom is -0.264 e. The molecule has 2 heterocycles. The Labute approximate surface area is 162 Å². The van der Waals surface area contributed by atoms with Crippen LogP contribution < -0.4 is 0 Å². The van der Waals surface area contributed by atoms with E-state index < -0.39 is 0 Å². The van der Waals surface area contributed by atoms with E-state index in [1.165, 1.54) is 24.3 Å². The van der Waals surface area contributed by atoms with Crippen molar-refractivity contribution in [2.75, 3.05) is 0 Å². The van der Waals surface area contributed by atoms with Gasteiger partial charge in [0.05, 0.1) is 0 Å². The van der Waals surface area contributed by atoms with Crippen molar-refractivity contribution in [1.82, 2.24) is 9.97 Å². The number of hydrogen-bond acceptors (Lipinski definition) is 2. The SMILES string of the molecule is Fc1ccc(-c2cc(F)ccc2CC(c2cccnc2)c2cccnc2)cc1. The lowest BCUT2D eigenvalue weighted by molar-refractivity contribution is 0.626. The summed E-state index contributed by atoms with van der Waals surface area (Å²) in [6.45, 7) is 0. The predicted molar refractivity (Wildman–Crippen MR) is 106 cm³/mol. The maximum Gasteiger partial charge on any atom is 0.123 e. The molecule has 0 atom stereocenters. The fraction of sp³-hybridized carbons (Fsp3) is 0.0833. The first kappa shape index (κ1) is 18.0. The molecule has 2 aromatic heterocycles. The van der Waals surface area contributed by atoms with E-state index in [9.17, 15) is 8.78 Å². The van der Waals surface area contributed by atoms with Crippen molar-refractivity contribution in [2.24, 2.45) is 0 Å². The Bertz CT molecular complexity index is 1010. The topological polar surface area (TPSA) is 25.8 Å². The molecule has 4 rings (SSSR count). The molecule has 0 N–H and O–H groups in total. The molecule has 0 fully saturated rings. The van der Waals surface area contributed by atoms with E-state index in [-0.39, 0.29) is 17.6 Å². The van der Waals surface area contributed by atoms with Crippen LogP contribution in [0, 0.1) is 11.6 Å². The molecule has 4 aromatic rings. The minimum atomic E-state index is -0.317. The van der Waals surface area contributed by atoms with Gasteiger partial charge in [-0.05, 0) is 70.6 Å². The molecule has 4 heteroatoms. The average Bonchev–Trinajstić information content (AvgIpc) is 2.75. The van der Waals surface area contributed by atoms with Crippen LogP contribution in [0.5, 0.6) is 0 Å². The first-order chi connectivity index (χ1) is 13.7. The molecule has 138 valence electrons. The summed E-state index contributed by atoms with van der Waals surface area (Å²) in [6.07, 6.45) is 7.82. The number of hydrogen-bond donors (Lipinski definition) is 0. The molecule has 0 aliphatic rings. The Morgan fingerprint density at radius 3 is 1.89 bits per heavy atom. The lowest BCUT2D eigenvalue weighted by atomic mass is 9.85. The summed E-state index contributed by atoms with van der Waals surface area (Å²) < 4.78 is 27.3. The molecule has 0 radical (unpaired) electrons. The van der Waals surface area contributed by atoms with Gasteiger partial charge in [-0.2, -0.15) is 0 Å². The zero-order valence-electron chi connectivity index (χ0n) is 15.1. The molecule has 0 saturated heterocycles. The van der Waals surface area contributed by atoms with Gasteiger partial charge in [-0.3, -0.25) is 9.97 Å². The van der Waals surface area contributed by atoms with Crippen LogP contribution in [0.15, 0.2) is 91.5 Å². The number of halogens is 2. The van der Waals surface area contributed by atoms with Gasteiger partial charge in [-0.15, -0.1) is 0 Å². The summed E-state index contributed by atoms with van der Waals surface area (Å²) in [7, 11) is 0. The fourth-order valence-electron chi connectivity index (χ4n) is 3.44. The number of pyridine rings is 2. The first-order valence-corrected chi connectivity index (χ1v) is 9.05. The van der Waals surface area contributed by atoms with Crippen LogP contribution in [0.1, 0.15) is 22.6 Å². The van der Waals surface area contributed by atoms with Crippen LogP contribution in [0.3, 0.4) is 0 Å². The van der Waals surface area contributed by atoms with E-state index in [4.69, 9.17) is 0 Å². The van der Waals surface area contributed by atoms with Crippen molar-refractivity contribution in [2.45, 2.75) is 12.3 Å². The maximum atomic E-state index is 14.0. The molecule has 0 amide bonds. The highest BCUT2D eigenvalue weighted by atomic mass is 19.1. The van der Waals surface area contributed by atoms with E-state index >= 15 is 0 Å². The highest BCUT2D eigenvalue weighted by molar-refractivity contribution is 5.67. The monoisotopic (exact) mass is 372 g/mol. The first-order valence-electron chi connectivity index (χ1n) is 9.05. The van der Waals surface area contributed by atoms with Gasteiger partial charge in [-0.1, -0.05) is 30.3 Å². The van der Waals surface area contributed by atoms with Gasteiger partial charge in [0.25, 0.3) is 0 Å². The Kier molecular flexibility index (Phi) is 5.20. The molecule has 0 unspecified atom stereocenters. The van der Waals surface area contributed by atoms with Crippen molar-refractivity contribution in [3.8, 4) is 11.1 Å². The van der Waals surface area contributed by atoms with Gasteiger partial charge < -0.3 is 0 Å². The average molecular weight is 372 g/mol. The van der Waals surface area contributed by atoms with Crippen molar-refractivity contribution >= 4 is 0 Å². The molecule has 2 nitrogen and oxygen atoms in total. The Hall–Kier alpha value is -3.40. The normalized spacial score (nSPS) is 11.0. The lowest BCUT2D eigenvalue weighted by Crippen LogP contribution is -2.07. The summed E-state index contributed by atoms with van der Waals surface area (Å²) in [5, 5.41) is 0. The summed E-state index contributed by atoms with van der Waals surface area (Å²) in [4.78, 5) is 8.51. The van der Waals surface area contributed by atoms with E-state index in [0.29, 0.717) is 6.42 Å². The smallest absolute Gasteiger partial charge is 0.123 e. The molecule has 0 saturated carbocycles. The van der Waals surface area contributed by atoms with E-state index in [2.05, 4.69) is 9.97 Å². The van der Waals surface area contributed by atoms with Crippen molar-refractivity contribution in [3.63, 3.8) is 0 Å². The van der Waals surface area contributed by atoms with Crippen LogP contribution in [-0.4, -0.2) is 9.97 Å². The van der Waals surface area contributed by atoms with Gasteiger partial charge in [0.15, 0.2) is 0 Å². The Morgan fingerprint density at radius 1 is 0.714 bits per heavy atom. The standard InChI is InChI=1S/C24H18F2N2/c25-21-8-5-17(6-9-21)24-14-22(26)10-7-18(24)13-23(19-3-1-11-27-15-19)20-4-2-12-28-16-20/h1-12,14-16,23H,13H2. The van der Waals surface area contributed by atoms with Gasteiger partial charge in [0.2, 0.25) is 0 Å². The Balaban J connectivity index is 1.78. The van der Waals surface area contributed by atoms with Gasteiger partial charge in [-0.25, -0.2) is 8.78 Å². The van der Waals surface area contributed by atoms with Crippen molar-refractivity contribution in [3.05, 3.63) is 120 Å². The molecule has 0 spiro atoms. The number of rotatable bonds is 5. The molecule has 28 heavy (non-hydrogen) atoms. The van der Waals surface area contributed by atoms with E-state index in [1.807, 2.05) is 36.7 Å². The van der Waals surface area contributed by atoms with E-state index in [0.717, 1.165) is 27.8 Å². The quantitative estimate of drug-likeness (QED) is 0.443. The van der Waals surface area contributed by atoms with E-state index in [1.54, 1.807) is 30.6 Å². The Morgan fingerprint density at radius 2 is 1.32 bits per heavy atom. The van der Waals surface area contributed by atoms with Gasteiger partial charge >= 0.3 is 0 Å². The molecule has 0 aliphatic carbocycles. The zero-order valence-corrected chi connectivity index (χ0v) is 15.1. The van der Waals surface area contributed by atoms with Crippen LogP contribution in [0.25, 0.3) is 11.1 Å². The second-order valence-corrected chi connectivity index (χ2v) is 6.64. The van der Waals surface area contributed by atoms with Crippen LogP contribution in [0.2, 0.25) is 0 Å². The molecular weight excluding hydrogens is 354 g/mol. The third-order valence-electron chi connectivity index (χ3n) is 4.82. The molecule has 0 bridgehead atoms. The van der Waals surface area contributed by atoms with Crippen molar-refractivity contribution in [1.29, 1.82) is 0 Å². The second kappa shape index (κ2) is 8.09. The highest BCUT2D eigenvalue weighted by Crippen LogP contribution is 2.33. The second-order valence-electron chi connectivity index (χ2n) is 6.64. The maximum absolute atomic E-state index is 14.0. The molecular formula is C24H18F2N2. The van der Waals surface area contributed by atoms with Crippen LogP contribution in [-0.2, 0) is 6.42 Å². The zero-order chi connectivity index (χ0) is 19.3. The summed E-state index contributed by atoms with van der Waals surface area (Å²) >= 11 is 0. The largest absolute Gasteiger partial charge is 0.264 e. The van der Waals surface area contributed by atoms with Crippen LogP contribution >= 0.6 is 0 Å². The number of nitrogens with zero attached hydrogens (tertiary/aromatic N) is 2. The summed E-state index contributed by atoms with van der Waals surface area (Å²) in [6, 6.07) is 18.8. The van der Waals surface area contributed by atoms with Gasteiger partial charge in [0.1, 0.15) is 11.6 Å². The minimum absolute atomic E-state index is 0.0204. The van der Waals surface area contributed by atoms with Crippen molar-refractivity contribution < 1.29 is 8.78 Å². The fourth-order valence-corrected chi connectivity index (χ4v) is 3.44. The van der Waals surface area contributed by atoms with Gasteiger partial charge in [0, 0.05) is 30.7 Å².